The highest BCUT2D eigenvalue weighted by Crippen LogP contribution is 2.30. The van der Waals surface area contributed by atoms with Crippen LogP contribution in [0.1, 0.15) is 32.1 Å². The van der Waals surface area contributed by atoms with Gasteiger partial charge in [-0.05, 0) is 37.0 Å². The maximum Gasteiger partial charge on any atom is 0.124 e. The molecule has 0 radical (unpaired) electrons. The predicted octanol–water partition coefficient (Wildman–Crippen LogP) is 3.98. The number of rotatable bonds is 3. The zero-order valence-electron chi connectivity index (χ0n) is 11.4. The zero-order chi connectivity index (χ0) is 13.9. The molecule has 106 valence electrons. The lowest BCUT2D eigenvalue weighted by Gasteiger charge is -2.21. The molecular weight excluding hydrogens is 255 g/mol. The van der Waals surface area contributed by atoms with E-state index in [9.17, 15) is 9.50 Å². The van der Waals surface area contributed by atoms with Crippen molar-refractivity contribution < 1.29 is 9.50 Å². The summed E-state index contributed by atoms with van der Waals surface area (Å²) in [5, 5.41) is 14.2. The molecule has 3 rings (SSSR count). The van der Waals surface area contributed by atoms with E-state index in [1.807, 2.05) is 10.9 Å². The van der Waals surface area contributed by atoms with Gasteiger partial charge in [-0.2, -0.15) is 5.10 Å². The van der Waals surface area contributed by atoms with Crippen LogP contribution in [0, 0.1) is 11.7 Å². The summed E-state index contributed by atoms with van der Waals surface area (Å²) < 4.78 is 15.2. The van der Waals surface area contributed by atoms with Crippen molar-refractivity contribution in [3.05, 3.63) is 36.4 Å². The molecule has 0 saturated heterocycles. The molecule has 4 heteroatoms. The normalized spacial score (nSPS) is 16.4. The lowest BCUT2D eigenvalue weighted by molar-refractivity contribution is 0.308. The fourth-order valence-corrected chi connectivity index (χ4v) is 2.98. The van der Waals surface area contributed by atoms with Crippen molar-refractivity contribution >= 4 is 0 Å². The first-order valence-electron chi connectivity index (χ1n) is 7.24. The first-order chi connectivity index (χ1) is 9.72. The Morgan fingerprint density at radius 3 is 2.85 bits per heavy atom. The highest BCUT2D eigenvalue weighted by molar-refractivity contribution is 5.68. The van der Waals surface area contributed by atoms with Gasteiger partial charge in [-0.15, -0.1) is 0 Å². The first kappa shape index (κ1) is 13.2. The Balaban J connectivity index is 1.77. The average molecular weight is 274 g/mol. The highest BCUT2D eigenvalue weighted by atomic mass is 19.1. The Morgan fingerprint density at radius 2 is 2.05 bits per heavy atom. The van der Waals surface area contributed by atoms with Crippen LogP contribution < -0.4 is 0 Å². The van der Waals surface area contributed by atoms with Gasteiger partial charge in [0.25, 0.3) is 0 Å². The molecule has 1 N–H and O–H groups in total. The molecule has 20 heavy (non-hydrogen) atoms. The molecular formula is C16H19FN2O. The number of halogens is 1. The van der Waals surface area contributed by atoms with E-state index in [4.69, 9.17) is 0 Å². The van der Waals surface area contributed by atoms with Crippen molar-refractivity contribution in [2.75, 3.05) is 0 Å². The van der Waals surface area contributed by atoms with Gasteiger partial charge in [0, 0.05) is 23.9 Å². The lowest BCUT2D eigenvalue weighted by Crippen LogP contribution is -2.14. The smallest absolute Gasteiger partial charge is 0.124 e. The number of nitrogens with zero attached hydrogens (tertiary/aromatic N) is 2. The van der Waals surface area contributed by atoms with E-state index >= 15 is 0 Å². The Kier molecular flexibility index (Phi) is 3.72. The van der Waals surface area contributed by atoms with Crippen LogP contribution in [0.4, 0.5) is 4.39 Å². The van der Waals surface area contributed by atoms with Crippen molar-refractivity contribution in [1.82, 2.24) is 9.78 Å². The van der Waals surface area contributed by atoms with Gasteiger partial charge in [-0.25, -0.2) is 4.39 Å². The van der Waals surface area contributed by atoms with Crippen molar-refractivity contribution in [2.24, 2.45) is 5.92 Å². The molecule has 0 unspecified atom stereocenters. The Labute approximate surface area is 118 Å². The molecule has 0 spiro atoms. The molecule has 1 aromatic carbocycles. The number of phenolic OH excluding ortho intramolecular Hbond substituents is 1. The van der Waals surface area contributed by atoms with E-state index in [0.29, 0.717) is 11.5 Å². The summed E-state index contributed by atoms with van der Waals surface area (Å²) in [5.74, 6) is 0.430. The number of aromatic nitrogens is 2. The summed E-state index contributed by atoms with van der Waals surface area (Å²) in [7, 11) is 0. The lowest BCUT2D eigenvalue weighted by atomic mass is 9.89. The van der Waals surface area contributed by atoms with Crippen LogP contribution in [-0.2, 0) is 6.54 Å². The molecule has 0 atom stereocenters. The quantitative estimate of drug-likeness (QED) is 0.919. The second-order valence-corrected chi connectivity index (χ2v) is 5.62. The zero-order valence-corrected chi connectivity index (χ0v) is 11.4. The van der Waals surface area contributed by atoms with E-state index in [1.165, 1.54) is 50.3 Å². The van der Waals surface area contributed by atoms with Crippen LogP contribution >= 0.6 is 0 Å². The molecule has 0 amide bonds. The standard InChI is InChI=1S/C16H19FN2O/c17-14-6-7-16(20)15(8-14)13-9-18-19(11-13)10-12-4-2-1-3-5-12/h6-9,11-12,20H,1-5,10H2. The summed E-state index contributed by atoms with van der Waals surface area (Å²) in [6.45, 7) is 0.913. The topological polar surface area (TPSA) is 38.1 Å². The average Bonchev–Trinajstić information content (AvgIpc) is 2.91. The van der Waals surface area contributed by atoms with Gasteiger partial charge in [-0.1, -0.05) is 19.3 Å². The molecule has 1 fully saturated rings. The summed E-state index contributed by atoms with van der Waals surface area (Å²) in [6.07, 6.45) is 10.1. The number of aromatic hydroxyl groups is 1. The molecule has 0 bridgehead atoms. The van der Waals surface area contributed by atoms with E-state index in [1.54, 1.807) is 6.20 Å². The Bertz CT molecular complexity index is 588. The van der Waals surface area contributed by atoms with Gasteiger partial charge in [-0.3, -0.25) is 4.68 Å². The maximum absolute atomic E-state index is 13.3. The largest absolute Gasteiger partial charge is 0.507 e. The van der Waals surface area contributed by atoms with Gasteiger partial charge in [0.05, 0.1) is 6.20 Å². The van der Waals surface area contributed by atoms with Crippen LogP contribution in [0.2, 0.25) is 0 Å². The van der Waals surface area contributed by atoms with Gasteiger partial charge in [0.2, 0.25) is 0 Å². The minimum atomic E-state index is -0.349. The second-order valence-electron chi connectivity index (χ2n) is 5.62. The van der Waals surface area contributed by atoms with Crippen LogP contribution in [0.25, 0.3) is 11.1 Å². The number of hydrogen-bond acceptors (Lipinski definition) is 2. The maximum atomic E-state index is 13.3. The fourth-order valence-electron chi connectivity index (χ4n) is 2.98. The Morgan fingerprint density at radius 1 is 1.25 bits per heavy atom. The molecule has 1 heterocycles. The minimum absolute atomic E-state index is 0.0867. The molecule has 1 aromatic heterocycles. The van der Waals surface area contributed by atoms with Crippen molar-refractivity contribution in [3.63, 3.8) is 0 Å². The predicted molar refractivity (Wildman–Crippen MR) is 75.9 cm³/mol. The summed E-state index contributed by atoms with van der Waals surface area (Å²) in [6, 6.07) is 3.98. The van der Waals surface area contributed by atoms with E-state index in [2.05, 4.69) is 5.10 Å². The van der Waals surface area contributed by atoms with Crippen molar-refractivity contribution in [3.8, 4) is 16.9 Å². The third-order valence-electron chi connectivity index (χ3n) is 4.07. The summed E-state index contributed by atoms with van der Waals surface area (Å²) >= 11 is 0. The minimum Gasteiger partial charge on any atom is -0.507 e. The van der Waals surface area contributed by atoms with Gasteiger partial charge >= 0.3 is 0 Å². The number of hydrogen-bond donors (Lipinski definition) is 1. The van der Waals surface area contributed by atoms with E-state index in [0.717, 1.165) is 12.1 Å². The molecule has 2 aromatic rings. The molecule has 3 nitrogen and oxygen atoms in total. The fraction of sp³-hybridized carbons (Fsp3) is 0.438. The highest BCUT2D eigenvalue weighted by Gasteiger charge is 2.15. The summed E-state index contributed by atoms with van der Waals surface area (Å²) in [5.41, 5.74) is 1.26. The van der Waals surface area contributed by atoms with Gasteiger partial charge in [0.15, 0.2) is 0 Å². The van der Waals surface area contributed by atoms with E-state index < -0.39 is 0 Å². The van der Waals surface area contributed by atoms with Crippen molar-refractivity contribution in [2.45, 2.75) is 38.6 Å². The van der Waals surface area contributed by atoms with Crippen LogP contribution in [0.3, 0.4) is 0 Å². The van der Waals surface area contributed by atoms with Crippen molar-refractivity contribution in [1.29, 1.82) is 0 Å². The molecule has 1 aliphatic rings. The van der Waals surface area contributed by atoms with Gasteiger partial charge < -0.3 is 5.11 Å². The third kappa shape index (κ3) is 2.84. The monoisotopic (exact) mass is 274 g/mol. The van der Waals surface area contributed by atoms with E-state index in [-0.39, 0.29) is 11.6 Å². The molecule has 1 saturated carbocycles. The summed E-state index contributed by atoms with van der Waals surface area (Å²) in [4.78, 5) is 0. The molecule has 0 aliphatic heterocycles. The first-order valence-corrected chi connectivity index (χ1v) is 7.24. The van der Waals surface area contributed by atoms with Crippen LogP contribution in [-0.4, -0.2) is 14.9 Å². The second kappa shape index (κ2) is 5.65. The number of phenols is 1. The van der Waals surface area contributed by atoms with Crippen LogP contribution in [0.5, 0.6) is 5.75 Å². The Hall–Kier alpha value is -1.84. The third-order valence-corrected chi connectivity index (χ3v) is 4.07. The van der Waals surface area contributed by atoms with Gasteiger partial charge in [0.1, 0.15) is 11.6 Å². The SMILES string of the molecule is Oc1ccc(F)cc1-c1cnn(CC2CCCCC2)c1. The molecule has 1 aliphatic carbocycles. The van der Waals surface area contributed by atoms with Crippen LogP contribution in [0.15, 0.2) is 30.6 Å². The number of benzene rings is 1.